The monoisotopic (exact) mass is 281 g/mol. The van der Waals surface area contributed by atoms with Gasteiger partial charge < -0.3 is 15.7 Å². The van der Waals surface area contributed by atoms with E-state index in [0.717, 1.165) is 11.3 Å². The summed E-state index contributed by atoms with van der Waals surface area (Å²) in [6, 6.07) is 6.11. The van der Waals surface area contributed by atoms with Gasteiger partial charge in [-0.25, -0.2) is 14.2 Å². The third kappa shape index (κ3) is 3.92. The van der Waals surface area contributed by atoms with Crippen LogP contribution in [-0.4, -0.2) is 29.3 Å². The number of hydrogen-bond acceptors (Lipinski definition) is 4. The van der Waals surface area contributed by atoms with Crippen LogP contribution in [0.1, 0.15) is 0 Å². The Morgan fingerprint density at radius 1 is 1.32 bits per heavy atom. The largest absolute Gasteiger partial charge is 0.465 e. The van der Waals surface area contributed by atoms with Gasteiger partial charge in [0.1, 0.15) is 5.82 Å². The SMILES string of the molecule is O=C(O)NCCNc1nc(-c2ccc(F)cc2)cs1. The summed E-state index contributed by atoms with van der Waals surface area (Å²) < 4.78 is 12.8. The summed E-state index contributed by atoms with van der Waals surface area (Å²) in [5.41, 5.74) is 1.60. The molecule has 0 fully saturated rings. The van der Waals surface area contributed by atoms with Crippen LogP contribution in [-0.2, 0) is 0 Å². The lowest BCUT2D eigenvalue weighted by molar-refractivity contribution is 0.195. The standard InChI is InChI=1S/C12H12FN3O2S/c13-9-3-1-8(2-4-9)10-7-19-11(16-10)14-5-6-15-12(17)18/h1-4,7,15H,5-6H2,(H,14,16)(H,17,18). The molecule has 1 heterocycles. The van der Waals surface area contributed by atoms with Gasteiger partial charge in [0.25, 0.3) is 0 Å². The van der Waals surface area contributed by atoms with E-state index in [0.29, 0.717) is 18.2 Å². The first-order valence-corrected chi connectivity index (χ1v) is 6.45. The average molecular weight is 281 g/mol. The minimum absolute atomic E-state index is 0.280. The first kappa shape index (κ1) is 13.3. The lowest BCUT2D eigenvalue weighted by atomic mass is 10.2. The molecule has 0 atom stereocenters. The second kappa shape index (κ2) is 6.14. The Balaban J connectivity index is 1.91. The lowest BCUT2D eigenvalue weighted by Gasteiger charge is -2.02. The zero-order chi connectivity index (χ0) is 13.7. The molecule has 0 bridgehead atoms. The number of anilines is 1. The van der Waals surface area contributed by atoms with Crippen molar-refractivity contribution in [2.24, 2.45) is 0 Å². The van der Waals surface area contributed by atoms with Gasteiger partial charge in [0.05, 0.1) is 5.69 Å². The number of hydrogen-bond donors (Lipinski definition) is 3. The fourth-order valence-electron chi connectivity index (χ4n) is 1.45. The number of nitrogens with zero attached hydrogens (tertiary/aromatic N) is 1. The first-order valence-electron chi connectivity index (χ1n) is 5.57. The highest BCUT2D eigenvalue weighted by molar-refractivity contribution is 7.14. The molecule has 0 spiro atoms. The molecule has 0 radical (unpaired) electrons. The number of halogens is 1. The van der Waals surface area contributed by atoms with E-state index in [9.17, 15) is 9.18 Å². The molecule has 0 aliphatic heterocycles. The van der Waals surface area contributed by atoms with Crippen molar-refractivity contribution in [1.82, 2.24) is 10.3 Å². The molecule has 0 aliphatic carbocycles. The topological polar surface area (TPSA) is 74.2 Å². The quantitative estimate of drug-likeness (QED) is 0.736. The molecule has 1 amide bonds. The van der Waals surface area contributed by atoms with Crippen LogP contribution >= 0.6 is 11.3 Å². The van der Waals surface area contributed by atoms with Gasteiger partial charge in [-0.15, -0.1) is 11.3 Å². The molecule has 2 rings (SSSR count). The molecule has 2 aromatic rings. The first-order chi connectivity index (χ1) is 9.15. The van der Waals surface area contributed by atoms with E-state index in [1.54, 1.807) is 12.1 Å². The second-order valence-corrected chi connectivity index (χ2v) is 4.56. The molecule has 100 valence electrons. The minimum Gasteiger partial charge on any atom is -0.465 e. The summed E-state index contributed by atoms with van der Waals surface area (Å²) in [5.74, 6) is -0.280. The highest BCUT2D eigenvalue weighted by Crippen LogP contribution is 2.24. The number of nitrogens with one attached hydrogen (secondary N) is 2. The van der Waals surface area contributed by atoms with Gasteiger partial charge in [-0.2, -0.15) is 0 Å². The van der Waals surface area contributed by atoms with E-state index in [1.165, 1.54) is 23.5 Å². The van der Waals surface area contributed by atoms with Crippen molar-refractivity contribution in [2.45, 2.75) is 0 Å². The summed E-state index contributed by atoms with van der Waals surface area (Å²) in [5, 5.41) is 16.2. The predicted molar refractivity (Wildman–Crippen MR) is 72.0 cm³/mol. The van der Waals surface area contributed by atoms with Crippen LogP contribution in [0.15, 0.2) is 29.6 Å². The molecule has 5 nitrogen and oxygen atoms in total. The van der Waals surface area contributed by atoms with Crippen molar-refractivity contribution in [3.05, 3.63) is 35.5 Å². The van der Waals surface area contributed by atoms with Crippen molar-refractivity contribution in [1.29, 1.82) is 0 Å². The number of rotatable bonds is 5. The number of benzene rings is 1. The Morgan fingerprint density at radius 2 is 2.05 bits per heavy atom. The molecule has 0 aliphatic rings. The lowest BCUT2D eigenvalue weighted by Crippen LogP contribution is -2.26. The Hall–Kier alpha value is -2.15. The average Bonchev–Trinajstić information content (AvgIpc) is 2.84. The summed E-state index contributed by atoms with van der Waals surface area (Å²) >= 11 is 1.42. The van der Waals surface area contributed by atoms with Gasteiger partial charge >= 0.3 is 6.09 Å². The fraction of sp³-hybridized carbons (Fsp3) is 0.167. The highest BCUT2D eigenvalue weighted by atomic mass is 32.1. The summed E-state index contributed by atoms with van der Waals surface area (Å²) in [6.07, 6.45) is -1.05. The summed E-state index contributed by atoms with van der Waals surface area (Å²) in [7, 11) is 0. The molecule has 0 saturated heterocycles. The Bertz CT molecular complexity index is 556. The van der Waals surface area contributed by atoms with Crippen LogP contribution in [0.25, 0.3) is 11.3 Å². The maximum Gasteiger partial charge on any atom is 0.404 e. The number of carbonyl (C=O) groups is 1. The maximum atomic E-state index is 12.8. The normalized spacial score (nSPS) is 10.2. The van der Waals surface area contributed by atoms with Crippen molar-refractivity contribution >= 4 is 22.6 Å². The van der Waals surface area contributed by atoms with Crippen LogP contribution in [0.2, 0.25) is 0 Å². The third-order valence-electron chi connectivity index (χ3n) is 2.32. The van der Waals surface area contributed by atoms with Crippen LogP contribution < -0.4 is 10.6 Å². The minimum atomic E-state index is -1.05. The van der Waals surface area contributed by atoms with E-state index >= 15 is 0 Å². The molecule has 1 aromatic carbocycles. The zero-order valence-corrected chi connectivity index (χ0v) is 10.7. The van der Waals surface area contributed by atoms with Crippen molar-refractivity contribution in [3.8, 4) is 11.3 Å². The van der Waals surface area contributed by atoms with Crippen molar-refractivity contribution < 1.29 is 14.3 Å². The van der Waals surface area contributed by atoms with Gasteiger partial charge in [-0.05, 0) is 24.3 Å². The van der Waals surface area contributed by atoms with Crippen LogP contribution in [0.3, 0.4) is 0 Å². The Labute approximate surface area is 113 Å². The fourth-order valence-corrected chi connectivity index (χ4v) is 2.20. The smallest absolute Gasteiger partial charge is 0.404 e. The molecule has 0 unspecified atom stereocenters. The Morgan fingerprint density at radius 3 is 2.74 bits per heavy atom. The molecular formula is C12H12FN3O2S. The van der Waals surface area contributed by atoms with Crippen molar-refractivity contribution in [2.75, 3.05) is 18.4 Å². The third-order valence-corrected chi connectivity index (χ3v) is 3.12. The van der Waals surface area contributed by atoms with Gasteiger partial charge in [-0.1, -0.05) is 0 Å². The van der Waals surface area contributed by atoms with Gasteiger partial charge in [0, 0.05) is 24.0 Å². The van der Waals surface area contributed by atoms with Gasteiger partial charge in [0.2, 0.25) is 0 Å². The summed E-state index contributed by atoms with van der Waals surface area (Å²) in [6.45, 7) is 0.767. The summed E-state index contributed by atoms with van der Waals surface area (Å²) in [4.78, 5) is 14.6. The van der Waals surface area contributed by atoms with E-state index in [2.05, 4.69) is 15.6 Å². The molecule has 3 N–H and O–H groups in total. The van der Waals surface area contributed by atoms with Crippen LogP contribution in [0.4, 0.5) is 14.3 Å². The van der Waals surface area contributed by atoms with E-state index in [1.807, 2.05) is 5.38 Å². The highest BCUT2D eigenvalue weighted by Gasteiger charge is 2.04. The number of carboxylic acid groups (broad SMARTS) is 1. The van der Waals surface area contributed by atoms with Gasteiger partial charge in [-0.3, -0.25) is 0 Å². The number of amides is 1. The van der Waals surface area contributed by atoms with Crippen LogP contribution in [0, 0.1) is 5.82 Å². The molecule has 0 saturated carbocycles. The number of aromatic nitrogens is 1. The second-order valence-electron chi connectivity index (χ2n) is 3.70. The van der Waals surface area contributed by atoms with Crippen LogP contribution in [0.5, 0.6) is 0 Å². The van der Waals surface area contributed by atoms with Crippen molar-refractivity contribution in [3.63, 3.8) is 0 Å². The zero-order valence-electron chi connectivity index (χ0n) is 9.89. The Kier molecular flexibility index (Phi) is 4.30. The molecule has 19 heavy (non-hydrogen) atoms. The van der Waals surface area contributed by atoms with E-state index in [-0.39, 0.29) is 5.82 Å². The molecule has 1 aromatic heterocycles. The predicted octanol–water partition coefficient (Wildman–Crippen LogP) is 2.63. The van der Waals surface area contributed by atoms with Gasteiger partial charge in [0.15, 0.2) is 5.13 Å². The maximum absolute atomic E-state index is 12.8. The van der Waals surface area contributed by atoms with E-state index < -0.39 is 6.09 Å². The molecular weight excluding hydrogens is 269 g/mol. The number of thiazole rings is 1. The van der Waals surface area contributed by atoms with E-state index in [4.69, 9.17) is 5.11 Å². The molecule has 7 heteroatoms.